The summed E-state index contributed by atoms with van der Waals surface area (Å²) in [5.41, 5.74) is 1.45. The molecule has 1 fully saturated rings. The van der Waals surface area contributed by atoms with Crippen molar-refractivity contribution in [2.45, 2.75) is 26.2 Å². The Labute approximate surface area is 98.4 Å². The zero-order chi connectivity index (χ0) is 11.4. The van der Waals surface area contributed by atoms with Crippen LogP contribution in [0.4, 0.5) is 5.69 Å². The van der Waals surface area contributed by atoms with Gasteiger partial charge in [0.25, 0.3) is 0 Å². The summed E-state index contributed by atoms with van der Waals surface area (Å²) < 4.78 is 6.37. The fraction of sp³-hybridized carbons (Fsp3) is 0.571. The molecule has 1 aliphatic heterocycles. The lowest BCUT2D eigenvalue weighted by atomic mass is 10.1. The molecule has 0 bridgehead atoms. The molecule has 0 spiro atoms. The number of ether oxygens (including phenoxy) is 1. The van der Waals surface area contributed by atoms with Gasteiger partial charge in [0.1, 0.15) is 11.4 Å². The zero-order valence-corrected chi connectivity index (χ0v) is 10.4. The highest BCUT2D eigenvalue weighted by molar-refractivity contribution is 5.46. The highest BCUT2D eigenvalue weighted by Gasteiger charge is 2.30. The van der Waals surface area contributed by atoms with Crippen LogP contribution < -0.4 is 9.22 Å². The van der Waals surface area contributed by atoms with Gasteiger partial charge in [-0.05, 0) is 38.3 Å². The van der Waals surface area contributed by atoms with Gasteiger partial charge in [0.2, 0.25) is 0 Å². The first-order valence-electron chi connectivity index (χ1n) is 6.31. The fourth-order valence-electron chi connectivity index (χ4n) is 2.77. The summed E-state index contributed by atoms with van der Waals surface area (Å²) in [7, 11) is 1.72. The largest absolute Gasteiger partial charge is 0.497 e. The van der Waals surface area contributed by atoms with E-state index in [0.29, 0.717) is 0 Å². The monoisotopic (exact) mass is 220 g/mol. The Morgan fingerprint density at radius 2 is 1.69 bits per heavy atom. The van der Waals surface area contributed by atoms with Gasteiger partial charge in [0, 0.05) is 12.1 Å². The Hall–Kier alpha value is -1.02. The van der Waals surface area contributed by atoms with E-state index in [1.165, 1.54) is 44.6 Å². The molecule has 88 valence electrons. The van der Waals surface area contributed by atoms with Gasteiger partial charge < -0.3 is 4.74 Å². The van der Waals surface area contributed by atoms with Crippen molar-refractivity contribution in [2.24, 2.45) is 0 Å². The van der Waals surface area contributed by atoms with Crippen LogP contribution in [0.5, 0.6) is 5.75 Å². The SMILES string of the molecule is CC[N+]1(c2ccc(OC)cc2)CCCCC1. The van der Waals surface area contributed by atoms with E-state index in [1.54, 1.807) is 7.11 Å². The Morgan fingerprint density at radius 1 is 1.06 bits per heavy atom. The lowest BCUT2D eigenvalue weighted by molar-refractivity contribution is 0.239. The van der Waals surface area contributed by atoms with Crippen LogP contribution in [0, 0.1) is 0 Å². The van der Waals surface area contributed by atoms with Crippen LogP contribution >= 0.6 is 0 Å². The van der Waals surface area contributed by atoms with Crippen molar-refractivity contribution in [1.82, 2.24) is 4.48 Å². The van der Waals surface area contributed by atoms with Crippen molar-refractivity contribution >= 4 is 5.69 Å². The number of hydrogen-bond acceptors (Lipinski definition) is 1. The molecule has 1 aromatic rings. The highest BCUT2D eigenvalue weighted by Crippen LogP contribution is 2.29. The Bertz CT molecular complexity index is 325. The van der Waals surface area contributed by atoms with Gasteiger partial charge in [0.15, 0.2) is 0 Å². The van der Waals surface area contributed by atoms with Gasteiger partial charge in [-0.3, -0.25) is 4.48 Å². The van der Waals surface area contributed by atoms with Gasteiger partial charge in [-0.25, -0.2) is 0 Å². The second-order valence-corrected chi connectivity index (χ2v) is 4.67. The maximum atomic E-state index is 5.22. The summed E-state index contributed by atoms with van der Waals surface area (Å²) in [4.78, 5) is 0. The quantitative estimate of drug-likeness (QED) is 0.711. The molecular formula is C14H22NO+. The molecule has 16 heavy (non-hydrogen) atoms. The van der Waals surface area contributed by atoms with E-state index in [0.717, 1.165) is 10.2 Å². The van der Waals surface area contributed by atoms with Gasteiger partial charge in [0.05, 0.1) is 26.7 Å². The maximum Gasteiger partial charge on any atom is 0.133 e. The molecule has 1 aromatic carbocycles. The van der Waals surface area contributed by atoms with Crippen LogP contribution in [-0.2, 0) is 0 Å². The van der Waals surface area contributed by atoms with E-state index in [-0.39, 0.29) is 0 Å². The standard InChI is InChI=1S/C14H22NO/c1-3-15(11-5-4-6-12-15)13-7-9-14(16-2)10-8-13/h7-10H,3-6,11-12H2,1-2H3/q+1. The van der Waals surface area contributed by atoms with Gasteiger partial charge in [-0.15, -0.1) is 0 Å². The first-order valence-corrected chi connectivity index (χ1v) is 6.31. The van der Waals surface area contributed by atoms with Crippen LogP contribution in [-0.4, -0.2) is 26.7 Å². The van der Waals surface area contributed by atoms with Crippen molar-refractivity contribution in [3.8, 4) is 5.75 Å². The number of methoxy groups -OCH3 is 1. The first-order chi connectivity index (χ1) is 7.80. The van der Waals surface area contributed by atoms with Gasteiger partial charge in [-0.1, -0.05) is 0 Å². The van der Waals surface area contributed by atoms with E-state index in [9.17, 15) is 0 Å². The molecule has 1 saturated heterocycles. The molecule has 0 N–H and O–H groups in total. The normalized spacial score (nSPS) is 19.4. The predicted octanol–water partition coefficient (Wildman–Crippen LogP) is 3.21. The number of rotatable bonds is 3. The highest BCUT2D eigenvalue weighted by atomic mass is 16.5. The summed E-state index contributed by atoms with van der Waals surface area (Å²) in [6.07, 6.45) is 4.12. The molecule has 1 heterocycles. The van der Waals surface area contributed by atoms with Crippen molar-refractivity contribution in [3.63, 3.8) is 0 Å². The summed E-state index contributed by atoms with van der Waals surface area (Å²) in [6.45, 7) is 6.09. The molecule has 0 saturated carbocycles. The third-order valence-electron chi connectivity index (χ3n) is 3.90. The maximum absolute atomic E-state index is 5.22. The van der Waals surface area contributed by atoms with Crippen LogP contribution in [0.15, 0.2) is 24.3 Å². The van der Waals surface area contributed by atoms with Crippen molar-refractivity contribution in [2.75, 3.05) is 26.7 Å². The average molecular weight is 220 g/mol. The fourth-order valence-corrected chi connectivity index (χ4v) is 2.77. The third kappa shape index (κ3) is 2.07. The van der Waals surface area contributed by atoms with E-state index < -0.39 is 0 Å². The molecule has 2 nitrogen and oxygen atoms in total. The third-order valence-corrected chi connectivity index (χ3v) is 3.90. The van der Waals surface area contributed by atoms with Crippen LogP contribution in [0.1, 0.15) is 26.2 Å². The minimum Gasteiger partial charge on any atom is -0.497 e. The van der Waals surface area contributed by atoms with Gasteiger partial charge in [-0.2, -0.15) is 0 Å². The van der Waals surface area contributed by atoms with Crippen molar-refractivity contribution in [1.29, 1.82) is 0 Å². The first kappa shape index (κ1) is 11.5. The molecule has 2 rings (SSSR count). The summed E-state index contributed by atoms with van der Waals surface area (Å²) >= 11 is 0. The van der Waals surface area contributed by atoms with Crippen molar-refractivity contribution < 1.29 is 4.74 Å². The van der Waals surface area contributed by atoms with Crippen LogP contribution in [0.25, 0.3) is 0 Å². The van der Waals surface area contributed by atoms with Crippen LogP contribution in [0.3, 0.4) is 0 Å². The predicted molar refractivity (Wildman–Crippen MR) is 68.9 cm³/mol. The number of nitrogens with zero attached hydrogens (tertiary/aromatic N) is 1. The number of hydrogen-bond donors (Lipinski definition) is 0. The zero-order valence-electron chi connectivity index (χ0n) is 10.4. The second-order valence-electron chi connectivity index (χ2n) is 4.67. The van der Waals surface area contributed by atoms with E-state index in [2.05, 4.69) is 31.2 Å². The number of likely N-dealkylation sites (tertiary alicyclic amines) is 1. The Balaban J connectivity index is 2.24. The van der Waals surface area contributed by atoms with Gasteiger partial charge >= 0.3 is 0 Å². The molecule has 0 aliphatic carbocycles. The van der Waals surface area contributed by atoms with E-state index in [4.69, 9.17) is 4.74 Å². The summed E-state index contributed by atoms with van der Waals surface area (Å²) in [6, 6.07) is 8.63. The molecule has 1 aliphatic rings. The topological polar surface area (TPSA) is 9.23 Å². The number of benzene rings is 1. The minimum absolute atomic E-state index is 0.954. The Morgan fingerprint density at radius 3 is 2.19 bits per heavy atom. The second kappa shape index (κ2) is 4.88. The molecule has 0 atom stereocenters. The molecule has 0 amide bonds. The van der Waals surface area contributed by atoms with E-state index in [1.807, 2.05) is 0 Å². The summed E-state index contributed by atoms with van der Waals surface area (Å²) in [5.74, 6) is 0.954. The summed E-state index contributed by atoms with van der Waals surface area (Å²) in [5, 5.41) is 0. The number of quaternary nitrogens is 1. The molecule has 0 unspecified atom stereocenters. The van der Waals surface area contributed by atoms with E-state index >= 15 is 0 Å². The van der Waals surface area contributed by atoms with Crippen LogP contribution in [0.2, 0.25) is 0 Å². The molecule has 0 aromatic heterocycles. The Kier molecular flexibility index (Phi) is 3.49. The molecule has 2 heteroatoms. The minimum atomic E-state index is 0.954. The average Bonchev–Trinajstić information content (AvgIpc) is 2.39. The smallest absolute Gasteiger partial charge is 0.133 e. The number of piperidine rings is 1. The molecular weight excluding hydrogens is 198 g/mol. The lowest BCUT2D eigenvalue weighted by Gasteiger charge is -2.40. The van der Waals surface area contributed by atoms with Crippen molar-refractivity contribution in [3.05, 3.63) is 24.3 Å². The lowest BCUT2D eigenvalue weighted by Crippen LogP contribution is -2.52. The molecule has 0 radical (unpaired) electrons.